The normalized spacial score (nSPS) is 18.1. The third-order valence-corrected chi connectivity index (χ3v) is 4.36. The van der Waals surface area contributed by atoms with Gasteiger partial charge in [0.25, 0.3) is 0 Å². The number of hydrogen-bond donors (Lipinski definition) is 0. The van der Waals surface area contributed by atoms with Crippen molar-refractivity contribution in [2.75, 3.05) is 13.7 Å². The Labute approximate surface area is 135 Å². The number of methoxy groups -OCH3 is 1. The molecule has 2 aromatic carbocycles. The average molecular weight is 313 g/mol. The first-order chi connectivity index (χ1) is 11.2. The van der Waals surface area contributed by atoms with Crippen LogP contribution in [0.3, 0.4) is 0 Å². The highest BCUT2D eigenvalue weighted by Gasteiger charge is 2.26. The van der Waals surface area contributed by atoms with Crippen LogP contribution in [0.1, 0.15) is 40.4 Å². The fourth-order valence-electron chi connectivity index (χ4n) is 3.21. The molecule has 0 aliphatic carbocycles. The van der Waals surface area contributed by atoms with E-state index in [1.54, 1.807) is 24.3 Å². The largest absolute Gasteiger partial charge is 0.465 e. The van der Waals surface area contributed by atoms with Gasteiger partial charge in [0.05, 0.1) is 12.7 Å². The number of esters is 1. The number of nitrogens with zero attached hydrogens (tertiary/aromatic N) is 1. The van der Waals surface area contributed by atoms with Gasteiger partial charge in [-0.1, -0.05) is 24.3 Å². The molecule has 0 saturated carbocycles. The van der Waals surface area contributed by atoms with Crippen LogP contribution in [0.25, 0.3) is 0 Å². The van der Waals surface area contributed by atoms with Crippen LogP contribution in [-0.2, 0) is 11.3 Å². The molecule has 3 rings (SSSR count). The molecule has 4 heteroatoms. The molecular weight excluding hydrogens is 293 g/mol. The van der Waals surface area contributed by atoms with Crippen LogP contribution < -0.4 is 0 Å². The summed E-state index contributed by atoms with van der Waals surface area (Å²) >= 11 is 0. The quantitative estimate of drug-likeness (QED) is 0.801. The molecule has 0 spiro atoms. The topological polar surface area (TPSA) is 29.5 Å². The summed E-state index contributed by atoms with van der Waals surface area (Å²) in [5, 5.41) is 0. The van der Waals surface area contributed by atoms with Gasteiger partial charge in [0.1, 0.15) is 5.82 Å². The number of ether oxygens (including phenoxy) is 1. The molecule has 0 unspecified atom stereocenters. The van der Waals surface area contributed by atoms with E-state index in [1.807, 2.05) is 18.2 Å². The monoisotopic (exact) mass is 313 g/mol. The molecule has 3 nitrogen and oxygen atoms in total. The SMILES string of the molecule is COC(=O)c1ccc(CN2CCC[C@H]2c2cccc(F)c2)cc1. The minimum atomic E-state index is -0.324. The fraction of sp³-hybridized carbons (Fsp3) is 0.316. The van der Waals surface area contributed by atoms with Crippen LogP contribution in [-0.4, -0.2) is 24.5 Å². The lowest BCUT2D eigenvalue weighted by molar-refractivity contribution is 0.0600. The number of carbonyl (C=O) groups excluding carboxylic acids is 1. The summed E-state index contributed by atoms with van der Waals surface area (Å²) < 4.78 is 18.2. The highest BCUT2D eigenvalue weighted by atomic mass is 19.1. The van der Waals surface area contributed by atoms with Gasteiger partial charge in [-0.15, -0.1) is 0 Å². The van der Waals surface area contributed by atoms with E-state index < -0.39 is 0 Å². The van der Waals surface area contributed by atoms with E-state index in [0.717, 1.165) is 37.1 Å². The van der Waals surface area contributed by atoms with Gasteiger partial charge in [-0.25, -0.2) is 9.18 Å². The lowest BCUT2D eigenvalue weighted by atomic mass is 10.0. The first-order valence-corrected chi connectivity index (χ1v) is 7.84. The summed E-state index contributed by atoms with van der Waals surface area (Å²) in [6.45, 7) is 1.79. The maximum Gasteiger partial charge on any atom is 0.337 e. The summed E-state index contributed by atoms with van der Waals surface area (Å²) in [6, 6.07) is 14.6. The summed E-state index contributed by atoms with van der Waals surface area (Å²) in [5.74, 6) is -0.507. The first-order valence-electron chi connectivity index (χ1n) is 7.84. The van der Waals surface area contributed by atoms with Gasteiger partial charge in [-0.3, -0.25) is 4.90 Å². The van der Waals surface area contributed by atoms with E-state index in [2.05, 4.69) is 4.90 Å². The van der Waals surface area contributed by atoms with Crippen molar-refractivity contribution in [1.29, 1.82) is 0 Å². The Morgan fingerprint density at radius 2 is 2.04 bits per heavy atom. The summed E-state index contributed by atoms with van der Waals surface area (Å²) in [5.41, 5.74) is 2.73. The molecule has 1 fully saturated rings. The van der Waals surface area contributed by atoms with E-state index in [9.17, 15) is 9.18 Å². The van der Waals surface area contributed by atoms with Gasteiger partial charge >= 0.3 is 5.97 Å². The number of carbonyl (C=O) groups is 1. The molecule has 0 amide bonds. The Bertz CT molecular complexity index is 684. The molecule has 1 aliphatic heterocycles. The van der Waals surface area contributed by atoms with Gasteiger partial charge in [0.15, 0.2) is 0 Å². The average Bonchev–Trinajstić information content (AvgIpc) is 3.03. The fourth-order valence-corrected chi connectivity index (χ4v) is 3.21. The van der Waals surface area contributed by atoms with Crippen molar-refractivity contribution < 1.29 is 13.9 Å². The maximum atomic E-state index is 13.5. The van der Waals surface area contributed by atoms with Crippen molar-refractivity contribution >= 4 is 5.97 Å². The molecule has 1 atom stereocenters. The first kappa shape index (κ1) is 15.7. The van der Waals surface area contributed by atoms with E-state index in [4.69, 9.17) is 4.74 Å². The van der Waals surface area contributed by atoms with Crippen molar-refractivity contribution in [3.8, 4) is 0 Å². The number of rotatable bonds is 4. The van der Waals surface area contributed by atoms with Crippen LogP contribution in [0.15, 0.2) is 48.5 Å². The molecule has 1 heterocycles. The van der Waals surface area contributed by atoms with Gasteiger partial charge < -0.3 is 4.74 Å². The third-order valence-electron chi connectivity index (χ3n) is 4.36. The molecule has 1 aliphatic rings. The zero-order valence-corrected chi connectivity index (χ0v) is 13.2. The van der Waals surface area contributed by atoms with Crippen molar-refractivity contribution in [1.82, 2.24) is 4.90 Å². The molecule has 120 valence electrons. The second kappa shape index (κ2) is 6.92. The molecule has 0 radical (unpaired) electrons. The molecule has 1 saturated heterocycles. The highest BCUT2D eigenvalue weighted by molar-refractivity contribution is 5.89. The van der Waals surface area contributed by atoms with E-state index in [1.165, 1.54) is 13.2 Å². The van der Waals surface area contributed by atoms with Crippen LogP contribution in [0.2, 0.25) is 0 Å². The van der Waals surface area contributed by atoms with E-state index in [-0.39, 0.29) is 17.8 Å². The summed E-state index contributed by atoms with van der Waals surface area (Å²) in [4.78, 5) is 13.8. The molecule has 0 bridgehead atoms. The minimum absolute atomic E-state index is 0.184. The van der Waals surface area contributed by atoms with Crippen molar-refractivity contribution in [2.24, 2.45) is 0 Å². The van der Waals surface area contributed by atoms with Gasteiger partial charge in [0.2, 0.25) is 0 Å². The standard InChI is InChI=1S/C19H20FNO2/c1-23-19(22)15-9-7-14(8-10-15)13-21-11-3-6-18(21)16-4-2-5-17(20)12-16/h2,4-5,7-10,12,18H,3,6,11,13H2,1H3/t18-/m0/s1. The van der Waals surface area contributed by atoms with Crippen LogP contribution in [0, 0.1) is 5.82 Å². The van der Waals surface area contributed by atoms with Gasteiger partial charge in [-0.05, 0) is 54.8 Å². The van der Waals surface area contributed by atoms with Crippen molar-refractivity contribution in [3.63, 3.8) is 0 Å². The number of halogens is 1. The zero-order valence-electron chi connectivity index (χ0n) is 13.2. The number of likely N-dealkylation sites (tertiary alicyclic amines) is 1. The van der Waals surface area contributed by atoms with Gasteiger partial charge in [0, 0.05) is 12.6 Å². The zero-order chi connectivity index (χ0) is 16.2. The van der Waals surface area contributed by atoms with Crippen molar-refractivity contribution in [3.05, 3.63) is 71.0 Å². The summed E-state index contributed by atoms with van der Waals surface area (Å²) in [6.07, 6.45) is 2.16. The maximum absolute atomic E-state index is 13.5. The number of benzene rings is 2. The van der Waals surface area contributed by atoms with Crippen LogP contribution in [0.4, 0.5) is 4.39 Å². The Hall–Kier alpha value is -2.20. The Kier molecular flexibility index (Phi) is 4.72. The molecule has 0 N–H and O–H groups in total. The Morgan fingerprint density at radius 3 is 2.74 bits per heavy atom. The second-order valence-corrected chi connectivity index (χ2v) is 5.87. The molecule has 0 aromatic heterocycles. The Morgan fingerprint density at radius 1 is 1.26 bits per heavy atom. The molecule has 23 heavy (non-hydrogen) atoms. The minimum Gasteiger partial charge on any atom is -0.465 e. The second-order valence-electron chi connectivity index (χ2n) is 5.87. The predicted molar refractivity (Wildman–Crippen MR) is 86.6 cm³/mol. The lowest BCUT2D eigenvalue weighted by Crippen LogP contribution is -2.22. The van der Waals surface area contributed by atoms with Crippen LogP contribution in [0.5, 0.6) is 0 Å². The van der Waals surface area contributed by atoms with Crippen molar-refractivity contribution in [2.45, 2.75) is 25.4 Å². The Balaban J connectivity index is 1.72. The molecule has 2 aromatic rings. The van der Waals surface area contributed by atoms with Gasteiger partial charge in [-0.2, -0.15) is 0 Å². The van der Waals surface area contributed by atoms with E-state index >= 15 is 0 Å². The van der Waals surface area contributed by atoms with E-state index in [0.29, 0.717) is 5.56 Å². The number of hydrogen-bond acceptors (Lipinski definition) is 3. The molecular formula is C19H20FNO2. The predicted octanol–water partition coefficient (Wildman–Crippen LogP) is 3.95. The highest BCUT2D eigenvalue weighted by Crippen LogP contribution is 2.33. The summed E-state index contributed by atoms with van der Waals surface area (Å²) in [7, 11) is 1.38. The smallest absolute Gasteiger partial charge is 0.337 e. The van der Waals surface area contributed by atoms with Crippen LogP contribution >= 0.6 is 0 Å². The third kappa shape index (κ3) is 3.59. The lowest BCUT2D eigenvalue weighted by Gasteiger charge is -2.25.